The van der Waals surface area contributed by atoms with E-state index in [0.29, 0.717) is 5.56 Å². The zero-order chi connectivity index (χ0) is 15.4. The van der Waals surface area contributed by atoms with Crippen LogP contribution in [0.15, 0.2) is 41.5 Å². The van der Waals surface area contributed by atoms with Gasteiger partial charge in [-0.3, -0.25) is 4.79 Å². The third-order valence-corrected chi connectivity index (χ3v) is 3.00. The van der Waals surface area contributed by atoms with Gasteiger partial charge in [0, 0.05) is 5.56 Å². The molecule has 2 aromatic carbocycles. The summed E-state index contributed by atoms with van der Waals surface area (Å²) >= 11 is 0. The molecule has 2 aromatic rings. The average Bonchev–Trinajstić information content (AvgIpc) is 2.45. The maximum Gasteiger partial charge on any atom is 0.271 e. The van der Waals surface area contributed by atoms with Crippen molar-refractivity contribution in [1.29, 1.82) is 0 Å². The Balaban J connectivity index is 2.05. The minimum Gasteiger partial charge on any atom is -0.507 e. The van der Waals surface area contributed by atoms with Crippen LogP contribution < -0.4 is 5.43 Å². The van der Waals surface area contributed by atoms with Gasteiger partial charge in [0.05, 0.1) is 6.21 Å². The molecule has 21 heavy (non-hydrogen) atoms. The Morgan fingerprint density at radius 1 is 1.19 bits per heavy atom. The van der Waals surface area contributed by atoms with Gasteiger partial charge in [0.25, 0.3) is 5.91 Å². The Kier molecular flexibility index (Phi) is 4.33. The molecule has 0 aliphatic heterocycles. The molecule has 0 atom stereocenters. The number of phenols is 1. The fourth-order valence-corrected chi connectivity index (χ4v) is 1.90. The van der Waals surface area contributed by atoms with Gasteiger partial charge >= 0.3 is 0 Å². The van der Waals surface area contributed by atoms with Gasteiger partial charge in [0.1, 0.15) is 11.6 Å². The van der Waals surface area contributed by atoms with Gasteiger partial charge < -0.3 is 5.11 Å². The van der Waals surface area contributed by atoms with Crippen molar-refractivity contribution in [3.63, 3.8) is 0 Å². The minimum atomic E-state index is -0.418. The molecule has 108 valence electrons. The molecule has 0 aliphatic carbocycles. The molecular weight excluding hydrogens is 271 g/mol. The van der Waals surface area contributed by atoms with Crippen molar-refractivity contribution in [2.45, 2.75) is 13.8 Å². The standard InChI is InChI=1S/C16H15FN2O2/c1-10-7-12(8-11(2)15(10)20)9-18-19-16(21)13-3-5-14(17)6-4-13/h3-9,20H,1-2H3,(H,19,21). The highest BCUT2D eigenvalue weighted by Gasteiger charge is 2.04. The van der Waals surface area contributed by atoms with Crippen LogP contribution in [0.2, 0.25) is 0 Å². The van der Waals surface area contributed by atoms with Crippen molar-refractivity contribution in [2.75, 3.05) is 0 Å². The first-order chi connectivity index (χ1) is 9.97. The van der Waals surface area contributed by atoms with Crippen LogP contribution in [0.5, 0.6) is 5.75 Å². The quantitative estimate of drug-likeness (QED) is 0.673. The van der Waals surface area contributed by atoms with Crippen LogP contribution in [0.4, 0.5) is 4.39 Å². The number of hydrogen-bond acceptors (Lipinski definition) is 3. The fourth-order valence-electron chi connectivity index (χ4n) is 1.90. The number of hydrogen-bond donors (Lipinski definition) is 2. The number of carbonyl (C=O) groups excluding carboxylic acids is 1. The number of halogens is 1. The van der Waals surface area contributed by atoms with E-state index in [1.54, 1.807) is 26.0 Å². The van der Waals surface area contributed by atoms with Gasteiger partial charge in [-0.05, 0) is 66.9 Å². The minimum absolute atomic E-state index is 0.252. The van der Waals surface area contributed by atoms with Crippen molar-refractivity contribution in [1.82, 2.24) is 5.43 Å². The van der Waals surface area contributed by atoms with Crippen LogP contribution in [0.25, 0.3) is 0 Å². The van der Waals surface area contributed by atoms with E-state index in [-0.39, 0.29) is 5.75 Å². The largest absolute Gasteiger partial charge is 0.507 e. The van der Waals surface area contributed by atoms with Crippen molar-refractivity contribution >= 4 is 12.1 Å². The molecule has 0 fully saturated rings. The molecule has 0 radical (unpaired) electrons. The van der Waals surface area contributed by atoms with E-state index in [9.17, 15) is 14.3 Å². The van der Waals surface area contributed by atoms with Crippen LogP contribution in [-0.2, 0) is 0 Å². The van der Waals surface area contributed by atoms with Crippen LogP contribution in [0, 0.1) is 19.7 Å². The van der Waals surface area contributed by atoms with Crippen LogP contribution in [0.1, 0.15) is 27.0 Å². The number of nitrogens with one attached hydrogen (secondary N) is 1. The molecular formula is C16H15FN2O2. The average molecular weight is 286 g/mol. The molecule has 1 amide bonds. The Hall–Kier alpha value is -2.69. The molecule has 4 nitrogen and oxygen atoms in total. The summed E-state index contributed by atoms with van der Waals surface area (Å²) < 4.78 is 12.7. The lowest BCUT2D eigenvalue weighted by Crippen LogP contribution is -2.17. The van der Waals surface area contributed by atoms with Gasteiger partial charge in [0.2, 0.25) is 0 Å². The third kappa shape index (κ3) is 3.66. The third-order valence-electron chi connectivity index (χ3n) is 3.00. The Morgan fingerprint density at radius 2 is 1.76 bits per heavy atom. The Bertz CT molecular complexity index is 671. The summed E-state index contributed by atoms with van der Waals surface area (Å²) in [7, 11) is 0. The topological polar surface area (TPSA) is 61.7 Å². The normalized spacial score (nSPS) is 10.8. The number of carbonyl (C=O) groups is 1. The molecule has 2 N–H and O–H groups in total. The number of aryl methyl sites for hydroxylation is 2. The van der Waals surface area contributed by atoms with Gasteiger partial charge in [-0.1, -0.05) is 0 Å². The van der Waals surface area contributed by atoms with Crippen LogP contribution in [-0.4, -0.2) is 17.2 Å². The summed E-state index contributed by atoms with van der Waals surface area (Å²) in [5, 5.41) is 13.5. The van der Waals surface area contributed by atoms with Gasteiger partial charge in [-0.25, -0.2) is 9.82 Å². The zero-order valence-electron chi connectivity index (χ0n) is 11.7. The fraction of sp³-hybridized carbons (Fsp3) is 0.125. The predicted molar refractivity (Wildman–Crippen MR) is 79.0 cm³/mol. The number of benzene rings is 2. The summed E-state index contributed by atoms with van der Waals surface area (Å²) in [6.07, 6.45) is 1.49. The number of nitrogens with zero attached hydrogens (tertiary/aromatic N) is 1. The van der Waals surface area contributed by atoms with Gasteiger partial charge in [0.15, 0.2) is 0 Å². The molecule has 0 saturated carbocycles. The van der Waals surface area contributed by atoms with E-state index in [0.717, 1.165) is 16.7 Å². The van der Waals surface area contributed by atoms with E-state index >= 15 is 0 Å². The second-order valence-electron chi connectivity index (χ2n) is 4.71. The lowest BCUT2D eigenvalue weighted by atomic mass is 10.1. The zero-order valence-corrected chi connectivity index (χ0v) is 11.7. The molecule has 0 unspecified atom stereocenters. The molecule has 5 heteroatoms. The maximum absolute atomic E-state index is 12.7. The molecule has 2 rings (SSSR count). The number of aromatic hydroxyl groups is 1. The summed E-state index contributed by atoms with van der Waals surface area (Å²) in [5.41, 5.74) is 4.93. The highest BCUT2D eigenvalue weighted by molar-refractivity contribution is 5.94. The predicted octanol–water partition coefficient (Wildman–Crippen LogP) is 2.91. The number of phenolic OH excluding ortho intramolecular Hbond substituents is 1. The monoisotopic (exact) mass is 286 g/mol. The van der Waals surface area contributed by atoms with Crippen molar-refractivity contribution < 1.29 is 14.3 Å². The lowest BCUT2D eigenvalue weighted by molar-refractivity contribution is 0.0955. The SMILES string of the molecule is Cc1cc(C=NNC(=O)c2ccc(F)cc2)cc(C)c1O. The van der Waals surface area contributed by atoms with Gasteiger partial charge in [-0.15, -0.1) is 0 Å². The van der Waals surface area contributed by atoms with E-state index < -0.39 is 11.7 Å². The number of hydrazone groups is 1. The smallest absolute Gasteiger partial charge is 0.271 e. The lowest BCUT2D eigenvalue weighted by Gasteiger charge is -2.04. The highest BCUT2D eigenvalue weighted by atomic mass is 19.1. The maximum atomic E-state index is 12.7. The van der Waals surface area contributed by atoms with Crippen molar-refractivity contribution in [3.8, 4) is 5.75 Å². The first-order valence-corrected chi connectivity index (χ1v) is 6.36. The Labute approximate surface area is 121 Å². The molecule has 0 aliphatic rings. The first kappa shape index (κ1) is 14.7. The van der Waals surface area contributed by atoms with Crippen molar-refractivity contribution in [2.24, 2.45) is 5.10 Å². The summed E-state index contributed by atoms with van der Waals surface area (Å²) in [6.45, 7) is 3.58. The van der Waals surface area contributed by atoms with E-state index in [4.69, 9.17) is 0 Å². The van der Waals surface area contributed by atoms with Crippen LogP contribution >= 0.6 is 0 Å². The second-order valence-corrected chi connectivity index (χ2v) is 4.71. The summed E-state index contributed by atoms with van der Waals surface area (Å²) in [4.78, 5) is 11.7. The van der Waals surface area contributed by atoms with E-state index in [1.165, 1.54) is 30.5 Å². The number of rotatable bonds is 3. The first-order valence-electron chi connectivity index (χ1n) is 6.36. The molecule has 0 bridgehead atoms. The molecule has 0 heterocycles. The van der Waals surface area contributed by atoms with Gasteiger partial charge in [-0.2, -0.15) is 5.10 Å². The second kappa shape index (κ2) is 6.17. The summed E-state index contributed by atoms with van der Waals surface area (Å²) in [6, 6.07) is 8.71. The molecule has 0 saturated heterocycles. The molecule has 0 aromatic heterocycles. The highest BCUT2D eigenvalue weighted by Crippen LogP contribution is 2.21. The number of amides is 1. The van der Waals surface area contributed by atoms with Crippen LogP contribution in [0.3, 0.4) is 0 Å². The Morgan fingerprint density at radius 3 is 2.33 bits per heavy atom. The van der Waals surface area contributed by atoms with E-state index in [1.807, 2.05) is 0 Å². The van der Waals surface area contributed by atoms with E-state index in [2.05, 4.69) is 10.5 Å². The summed E-state index contributed by atoms with van der Waals surface area (Å²) in [5.74, 6) is -0.564. The molecule has 0 spiro atoms. The van der Waals surface area contributed by atoms with Crippen molar-refractivity contribution in [3.05, 3.63) is 64.5 Å².